The van der Waals surface area contributed by atoms with E-state index in [0.29, 0.717) is 11.4 Å². The van der Waals surface area contributed by atoms with Gasteiger partial charge in [0.2, 0.25) is 0 Å². The molecule has 110 valence electrons. The number of allylic oxidation sites excluding steroid dienone is 4. The van der Waals surface area contributed by atoms with Gasteiger partial charge in [0.1, 0.15) is 0 Å². The zero-order valence-electron chi connectivity index (χ0n) is 10.6. The van der Waals surface area contributed by atoms with Crippen LogP contribution in [-0.4, -0.2) is 16.8 Å². The fraction of sp³-hybridized carbons (Fsp3) is 0.154. The number of hydrogen-bond acceptors (Lipinski definition) is 4. The maximum Gasteiger partial charge on any atom is 0.416 e. The molecular formula is C13H10F3N3O2. The lowest BCUT2D eigenvalue weighted by molar-refractivity contribution is -0.384. The Morgan fingerprint density at radius 1 is 1.19 bits per heavy atom. The van der Waals surface area contributed by atoms with Crippen LogP contribution in [0.25, 0.3) is 0 Å². The highest BCUT2D eigenvalue weighted by atomic mass is 19.4. The summed E-state index contributed by atoms with van der Waals surface area (Å²) in [4.78, 5) is 9.95. The highest BCUT2D eigenvalue weighted by molar-refractivity contribution is 5.98. The fourth-order valence-corrected chi connectivity index (χ4v) is 1.62. The summed E-state index contributed by atoms with van der Waals surface area (Å²) >= 11 is 0. The summed E-state index contributed by atoms with van der Waals surface area (Å²) in [6.45, 7) is 0. The number of non-ortho nitro benzene ring substituents is 1. The molecule has 1 aliphatic carbocycles. The number of anilines is 1. The summed E-state index contributed by atoms with van der Waals surface area (Å²) in [6.07, 6.45) is -1.00. The van der Waals surface area contributed by atoms with Gasteiger partial charge >= 0.3 is 6.18 Å². The molecule has 0 atom stereocenters. The van der Waals surface area contributed by atoms with Crippen molar-refractivity contribution in [2.24, 2.45) is 5.10 Å². The molecule has 1 aromatic rings. The molecule has 0 aromatic heterocycles. The standard InChI is InChI=1S/C13H10F3N3O2/c14-13(15,16)9-1-3-10(4-2-9)17-18-11-5-7-12(8-6-11)19(20)21/h1-3,5-8,18H,4H2. The quantitative estimate of drug-likeness (QED) is 0.681. The summed E-state index contributed by atoms with van der Waals surface area (Å²) in [5.41, 5.74) is 2.83. The van der Waals surface area contributed by atoms with Crippen molar-refractivity contribution in [1.82, 2.24) is 0 Å². The molecule has 1 aromatic carbocycles. The van der Waals surface area contributed by atoms with Crippen LogP contribution in [0.1, 0.15) is 6.42 Å². The van der Waals surface area contributed by atoms with Crippen LogP contribution in [0.2, 0.25) is 0 Å². The summed E-state index contributed by atoms with van der Waals surface area (Å²) in [5.74, 6) is 0. The minimum Gasteiger partial charge on any atom is -0.278 e. The van der Waals surface area contributed by atoms with Gasteiger partial charge in [-0.3, -0.25) is 15.5 Å². The topological polar surface area (TPSA) is 67.5 Å². The molecule has 21 heavy (non-hydrogen) atoms. The van der Waals surface area contributed by atoms with E-state index in [1.165, 1.54) is 30.3 Å². The van der Waals surface area contributed by atoms with E-state index in [4.69, 9.17) is 0 Å². The predicted molar refractivity (Wildman–Crippen MR) is 72.0 cm³/mol. The third-order valence-corrected chi connectivity index (χ3v) is 2.72. The van der Waals surface area contributed by atoms with Crippen molar-refractivity contribution in [1.29, 1.82) is 0 Å². The van der Waals surface area contributed by atoms with E-state index in [1.807, 2.05) is 0 Å². The largest absolute Gasteiger partial charge is 0.416 e. The zero-order valence-corrected chi connectivity index (χ0v) is 10.6. The van der Waals surface area contributed by atoms with Crippen molar-refractivity contribution in [3.63, 3.8) is 0 Å². The first-order chi connectivity index (χ1) is 9.86. The minimum absolute atomic E-state index is 0.0523. The van der Waals surface area contributed by atoms with Crippen molar-refractivity contribution in [2.75, 3.05) is 5.43 Å². The number of nitro benzene ring substituents is 1. The Hall–Kier alpha value is -2.64. The molecule has 2 rings (SSSR count). The third kappa shape index (κ3) is 3.91. The molecule has 0 saturated heterocycles. The molecule has 0 amide bonds. The van der Waals surface area contributed by atoms with Crippen LogP contribution in [0, 0.1) is 10.1 Å². The van der Waals surface area contributed by atoms with Crippen LogP contribution in [-0.2, 0) is 0 Å². The average molecular weight is 297 g/mol. The maximum absolute atomic E-state index is 12.4. The fourth-order valence-electron chi connectivity index (χ4n) is 1.62. The Bertz CT molecular complexity index is 631. The molecule has 0 saturated carbocycles. The Balaban J connectivity index is 1.99. The molecule has 0 aliphatic heterocycles. The number of rotatable bonds is 3. The number of nitro groups is 1. The Kier molecular flexibility index (Phi) is 4.06. The first kappa shape index (κ1) is 14.8. The van der Waals surface area contributed by atoms with Crippen LogP contribution >= 0.6 is 0 Å². The van der Waals surface area contributed by atoms with Crippen LogP contribution < -0.4 is 5.43 Å². The molecule has 5 nitrogen and oxygen atoms in total. The predicted octanol–water partition coefficient (Wildman–Crippen LogP) is 3.81. The lowest BCUT2D eigenvalue weighted by Gasteiger charge is -2.11. The Morgan fingerprint density at radius 3 is 2.33 bits per heavy atom. The van der Waals surface area contributed by atoms with Crippen molar-refractivity contribution in [2.45, 2.75) is 12.6 Å². The van der Waals surface area contributed by atoms with Gasteiger partial charge in [0, 0.05) is 18.6 Å². The second-order valence-corrected chi connectivity index (χ2v) is 4.21. The van der Waals surface area contributed by atoms with Crippen LogP contribution in [0.15, 0.2) is 53.2 Å². The molecule has 0 unspecified atom stereocenters. The second-order valence-electron chi connectivity index (χ2n) is 4.21. The van der Waals surface area contributed by atoms with Gasteiger partial charge in [-0.15, -0.1) is 0 Å². The number of hydrazone groups is 1. The normalized spacial score (nSPS) is 16.7. The van der Waals surface area contributed by atoms with Crippen molar-refractivity contribution < 1.29 is 18.1 Å². The summed E-state index contributed by atoms with van der Waals surface area (Å²) in [6, 6.07) is 5.54. The van der Waals surface area contributed by atoms with Crippen LogP contribution in [0.5, 0.6) is 0 Å². The van der Waals surface area contributed by atoms with Gasteiger partial charge in [0.15, 0.2) is 0 Å². The van der Waals surface area contributed by atoms with Gasteiger partial charge in [0.05, 0.1) is 21.9 Å². The zero-order chi connectivity index (χ0) is 15.5. The molecule has 0 radical (unpaired) electrons. The van der Waals surface area contributed by atoms with Crippen molar-refractivity contribution >= 4 is 17.1 Å². The summed E-state index contributed by atoms with van der Waals surface area (Å²) in [7, 11) is 0. The number of alkyl halides is 3. The monoisotopic (exact) mass is 297 g/mol. The highest BCUT2D eigenvalue weighted by Gasteiger charge is 2.32. The van der Waals surface area contributed by atoms with Gasteiger partial charge in [-0.1, -0.05) is 6.08 Å². The van der Waals surface area contributed by atoms with Crippen LogP contribution in [0.4, 0.5) is 24.5 Å². The van der Waals surface area contributed by atoms with Crippen molar-refractivity contribution in [3.8, 4) is 0 Å². The second kappa shape index (κ2) is 5.78. The third-order valence-electron chi connectivity index (χ3n) is 2.72. The van der Waals surface area contributed by atoms with E-state index in [9.17, 15) is 23.3 Å². The van der Waals surface area contributed by atoms with Gasteiger partial charge in [-0.25, -0.2) is 0 Å². The minimum atomic E-state index is -4.35. The first-order valence-electron chi connectivity index (χ1n) is 5.89. The smallest absolute Gasteiger partial charge is 0.278 e. The van der Waals surface area contributed by atoms with Gasteiger partial charge in [0.25, 0.3) is 5.69 Å². The molecule has 0 fully saturated rings. The number of nitrogens with zero attached hydrogens (tertiary/aromatic N) is 2. The summed E-state index contributed by atoms with van der Waals surface area (Å²) in [5, 5.41) is 14.4. The molecular weight excluding hydrogens is 287 g/mol. The van der Waals surface area contributed by atoms with Gasteiger partial charge in [-0.05, 0) is 24.3 Å². The number of halogens is 3. The SMILES string of the molecule is O=[N+]([O-])c1ccc(NN=C2C=CC(C(F)(F)F)=CC2)cc1. The number of benzene rings is 1. The molecule has 0 bridgehead atoms. The summed E-state index contributed by atoms with van der Waals surface area (Å²) < 4.78 is 37.2. The average Bonchev–Trinajstić information content (AvgIpc) is 2.45. The lowest BCUT2D eigenvalue weighted by Crippen LogP contribution is -2.13. The Labute approximate surface area is 117 Å². The molecule has 8 heteroatoms. The van der Waals surface area contributed by atoms with Crippen molar-refractivity contribution in [3.05, 3.63) is 58.2 Å². The first-order valence-corrected chi connectivity index (χ1v) is 5.89. The molecule has 0 spiro atoms. The van der Waals surface area contributed by atoms with Crippen LogP contribution in [0.3, 0.4) is 0 Å². The maximum atomic E-state index is 12.4. The van der Waals surface area contributed by atoms with E-state index >= 15 is 0 Å². The number of hydrogen-bond donors (Lipinski definition) is 1. The lowest BCUT2D eigenvalue weighted by atomic mass is 10.1. The number of nitrogens with one attached hydrogen (secondary N) is 1. The van der Waals surface area contributed by atoms with E-state index in [0.717, 1.165) is 12.2 Å². The van der Waals surface area contributed by atoms with E-state index in [-0.39, 0.29) is 12.1 Å². The van der Waals surface area contributed by atoms with Gasteiger partial charge in [-0.2, -0.15) is 18.3 Å². The molecule has 1 aliphatic rings. The molecule has 1 N–H and O–H groups in total. The van der Waals surface area contributed by atoms with E-state index in [2.05, 4.69) is 10.5 Å². The van der Waals surface area contributed by atoms with E-state index in [1.54, 1.807) is 0 Å². The highest BCUT2D eigenvalue weighted by Crippen LogP contribution is 2.28. The van der Waals surface area contributed by atoms with E-state index < -0.39 is 16.7 Å². The van der Waals surface area contributed by atoms with Gasteiger partial charge < -0.3 is 0 Å². The Morgan fingerprint density at radius 2 is 1.86 bits per heavy atom. The molecule has 0 heterocycles.